The van der Waals surface area contributed by atoms with Gasteiger partial charge >= 0.3 is 0 Å². The molecule has 2 unspecified atom stereocenters. The fraction of sp³-hybridized carbons (Fsp3) is 0.471. The van der Waals surface area contributed by atoms with Crippen LogP contribution in [0.3, 0.4) is 0 Å². The summed E-state index contributed by atoms with van der Waals surface area (Å²) in [5, 5.41) is 0. The molecule has 0 aliphatic carbocycles. The number of hydrogen-bond acceptors (Lipinski definition) is 3. The normalized spacial score (nSPS) is 14.2. The minimum Gasteiger partial charge on any atom is -0.497 e. The molecule has 0 amide bonds. The van der Waals surface area contributed by atoms with E-state index in [-0.39, 0.29) is 6.04 Å². The highest BCUT2D eigenvalue weighted by atomic mass is 16.5. The standard InChI is InChI=1S/C17H25N3O/c1-12(2)16(9-18)17-10-19-11-20(17)13(3)14-5-7-15(21-4)8-6-14/h5-8,10-13,16H,9,18H2,1-4H3. The van der Waals surface area contributed by atoms with Gasteiger partial charge in [-0.25, -0.2) is 4.98 Å². The summed E-state index contributed by atoms with van der Waals surface area (Å²) in [4.78, 5) is 4.34. The van der Waals surface area contributed by atoms with Crippen LogP contribution in [0, 0.1) is 5.92 Å². The summed E-state index contributed by atoms with van der Waals surface area (Å²) in [5.41, 5.74) is 8.39. The van der Waals surface area contributed by atoms with Crippen molar-refractivity contribution in [3.8, 4) is 5.75 Å². The zero-order valence-corrected chi connectivity index (χ0v) is 13.3. The van der Waals surface area contributed by atoms with E-state index in [1.54, 1.807) is 7.11 Å². The molecule has 2 aromatic rings. The summed E-state index contributed by atoms with van der Waals surface area (Å²) in [5.74, 6) is 1.69. The van der Waals surface area contributed by atoms with Gasteiger partial charge < -0.3 is 15.0 Å². The second kappa shape index (κ2) is 6.76. The molecule has 0 bridgehead atoms. The van der Waals surface area contributed by atoms with E-state index in [0.29, 0.717) is 18.4 Å². The Bertz CT molecular complexity index is 560. The third-order valence-corrected chi connectivity index (χ3v) is 4.15. The van der Waals surface area contributed by atoms with Crippen molar-refractivity contribution >= 4 is 0 Å². The first-order valence-corrected chi connectivity index (χ1v) is 7.44. The van der Waals surface area contributed by atoms with Crippen LogP contribution in [0.25, 0.3) is 0 Å². The van der Waals surface area contributed by atoms with E-state index in [9.17, 15) is 0 Å². The van der Waals surface area contributed by atoms with Gasteiger partial charge in [0, 0.05) is 24.4 Å². The Labute approximate surface area is 127 Å². The fourth-order valence-corrected chi connectivity index (χ4v) is 2.70. The highest BCUT2D eigenvalue weighted by Gasteiger charge is 2.21. The largest absolute Gasteiger partial charge is 0.497 e. The van der Waals surface area contributed by atoms with Gasteiger partial charge in [-0.1, -0.05) is 26.0 Å². The molecule has 1 heterocycles. The van der Waals surface area contributed by atoms with E-state index in [0.717, 1.165) is 5.75 Å². The van der Waals surface area contributed by atoms with Gasteiger partial charge in [0.1, 0.15) is 5.75 Å². The van der Waals surface area contributed by atoms with Crippen molar-refractivity contribution in [3.63, 3.8) is 0 Å². The first kappa shape index (κ1) is 15.6. The van der Waals surface area contributed by atoms with E-state index in [2.05, 4.69) is 42.5 Å². The summed E-state index contributed by atoms with van der Waals surface area (Å²) in [6, 6.07) is 8.40. The van der Waals surface area contributed by atoms with Crippen molar-refractivity contribution in [1.82, 2.24) is 9.55 Å². The van der Waals surface area contributed by atoms with Crippen LogP contribution in [0.5, 0.6) is 5.75 Å². The molecule has 0 radical (unpaired) electrons. The van der Waals surface area contributed by atoms with Crippen LogP contribution in [0.15, 0.2) is 36.8 Å². The van der Waals surface area contributed by atoms with Crippen molar-refractivity contribution < 1.29 is 4.74 Å². The molecule has 0 aliphatic heterocycles. The lowest BCUT2D eigenvalue weighted by atomic mass is 9.92. The minimum absolute atomic E-state index is 0.223. The molecule has 0 saturated carbocycles. The number of ether oxygens (including phenoxy) is 1. The smallest absolute Gasteiger partial charge is 0.118 e. The molecule has 0 fully saturated rings. The maximum absolute atomic E-state index is 5.95. The highest BCUT2D eigenvalue weighted by Crippen LogP contribution is 2.28. The lowest BCUT2D eigenvalue weighted by Gasteiger charge is -2.24. The molecule has 1 aromatic heterocycles. The maximum atomic E-state index is 5.95. The van der Waals surface area contributed by atoms with Gasteiger partial charge in [-0.3, -0.25) is 0 Å². The van der Waals surface area contributed by atoms with Crippen LogP contribution < -0.4 is 10.5 Å². The Morgan fingerprint density at radius 3 is 2.38 bits per heavy atom. The van der Waals surface area contributed by atoms with E-state index < -0.39 is 0 Å². The Morgan fingerprint density at radius 1 is 1.19 bits per heavy atom. The molecule has 0 aliphatic rings. The van der Waals surface area contributed by atoms with Crippen LogP contribution >= 0.6 is 0 Å². The first-order valence-electron chi connectivity index (χ1n) is 7.44. The second-order valence-corrected chi connectivity index (χ2v) is 5.76. The second-order valence-electron chi connectivity index (χ2n) is 5.76. The molecule has 4 nitrogen and oxygen atoms in total. The van der Waals surface area contributed by atoms with Crippen molar-refractivity contribution in [3.05, 3.63) is 48.0 Å². The molecule has 0 spiro atoms. The Kier molecular flexibility index (Phi) is 5.02. The number of hydrogen-bond donors (Lipinski definition) is 1. The van der Waals surface area contributed by atoms with E-state index in [4.69, 9.17) is 10.5 Å². The molecule has 0 saturated heterocycles. The van der Waals surface area contributed by atoms with Crippen molar-refractivity contribution in [1.29, 1.82) is 0 Å². The summed E-state index contributed by atoms with van der Waals surface area (Å²) >= 11 is 0. The molecular weight excluding hydrogens is 262 g/mol. The molecule has 2 rings (SSSR count). The molecule has 4 heteroatoms. The van der Waals surface area contributed by atoms with Crippen LogP contribution in [0.1, 0.15) is 44.0 Å². The van der Waals surface area contributed by atoms with E-state index >= 15 is 0 Å². The van der Waals surface area contributed by atoms with Crippen LogP contribution in [-0.4, -0.2) is 23.2 Å². The van der Waals surface area contributed by atoms with Gasteiger partial charge in [-0.05, 0) is 30.5 Å². The van der Waals surface area contributed by atoms with Crippen LogP contribution in [-0.2, 0) is 0 Å². The summed E-state index contributed by atoms with van der Waals surface area (Å²) < 4.78 is 7.44. The van der Waals surface area contributed by atoms with Crippen molar-refractivity contribution in [2.24, 2.45) is 11.7 Å². The fourth-order valence-electron chi connectivity index (χ4n) is 2.70. The monoisotopic (exact) mass is 287 g/mol. The lowest BCUT2D eigenvalue weighted by molar-refractivity contribution is 0.414. The summed E-state index contributed by atoms with van der Waals surface area (Å²) in [6.07, 6.45) is 3.84. The topological polar surface area (TPSA) is 53.1 Å². The van der Waals surface area contributed by atoms with Gasteiger partial charge in [0.25, 0.3) is 0 Å². The predicted octanol–water partition coefficient (Wildman–Crippen LogP) is 3.20. The van der Waals surface area contributed by atoms with Gasteiger partial charge in [0.05, 0.1) is 19.5 Å². The number of rotatable bonds is 6. The average molecular weight is 287 g/mol. The summed E-state index contributed by atoms with van der Waals surface area (Å²) in [7, 11) is 1.68. The van der Waals surface area contributed by atoms with Crippen LogP contribution in [0.2, 0.25) is 0 Å². The minimum atomic E-state index is 0.223. The quantitative estimate of drug-likeness (QED) is 0.887. The zero-order chi connectivity index (χ0) is 15.4. The number of imidazole rings is 1. The van der Waals surface area contributed by atoms with E-state index in [1.807, 2.05) is 24.7 Å². The predicted molar refractivity (Wildman–Crippen MR) is 85.7 cm³/mol. The average Bonchev–Trinajstić information content (AvgIpc) is 2.96. The molecule has 114 valence electrons. The lowest BCUT2D eigenvalue weighted by Crippen LogP contribution is -2.22. The molecule has 1 aromatic carbocycles. The van der Waals surface area contributed by atoms with Crippen molar-refractivity contribution in [2.45, 2.75) is 32.7 Å². The number of aromatic nitrogens is 2. The van der Waals surface area contributed by atoms with Gasteiger partial charge in [-0.2, -0.15) is 0 Å². The Morgan fingerprint density at radius 2 is 1.86 bits per heavy atom. The first-order chi connectivity index (χ1) is 10.1. The van der Waals surface area contributed by atoms with Gasteiger partial charge in [0.2, 0.25) is 0 Å². The summed E-state index contributed by atoms with van der Waals surface area (Å²) in [6.45, 7) is 7.22. The number of nitrogens with zero attached hydrogens (tertiary/aromatic N) is 2. The van der Waals surface area contributed by atoms with E-state index in [1.165, 1.54) is 11.3 Å². The number of nitrogens with two attached hydrogens (primary N) is 1. The molecule has 21 heavy (non-hydrogen) atoms. The zero-order valence-electron chi connectivity index (χ0n) is 13.3. The number of methoxy groups -OCH3 is 1. The third kappa shape index (κ3) is 3.27. The van der Waals surface area contributed by atoms with Gasteiger partial charge in [-0.15, -0.1) is 0 Å². The van der Waals surface area contributed by atoms with Crippen LogP contribution in [0.4, 0.5) is 0 Å². The molecular formula is C17H25N3O. The Balaban J connectivity index is 2.30. The third-order valence-electron chi connectivity index (χ3n) is 4.15. The Hall–Kier alpha value is -1.81. The molecule has 2 atom stereocenters. The maximum Gasteiger partial charge on any atom is 0.118 e. The molecule has 2 N–H and O–H groups in total. The van der Waals surface area contributed by atoms with Crippen molar-refractivity contribution in [2.75, 3.05) is 13.7 Å². The number of benzene rings is 1. The highest BCUT2D eigenvalue weighted by molar-refractivity contribution is 5.30. The van der Waals surface area contributed by atoms with Gasteiger partial charge in [0.15, 0.2) is 0 Å². The SMILES string of the molecule is COc1ccc(C(C)n2cncc2C(CN)C(C)C)cc1.